The lowest BCUT2D eigenvalue weighted by molar-refractivity contribution is 0.196. The molecule has 0 spiro atoms. The molecule has 1 aromatic carbocycles. The largest absolute Gasteiger partial charge is 0.398 e. The van der Waals surface area contributed by atoms with Gasteiger partial charge in [0.25, 0.3) is 0 Å². The van der Waals surface area contributed by atoms with Crippen LogP contribution in [0, 0.1) is 6.92 Å². The summed E-state index contributed by atoms with van der Waals surface area (Å²) in [5, 5.41) is 0. The first kappa shape index (κ1) is 11.2. The number of ether oxygens (including phenoxy) is 1. The van der Waals surface area contributed by atoms with Crippen molar-refractivity contribution in [3.8, 4) is 0 Å². The molecule has 1 rings (SSSR count). The first-order chi connectivity index (χ1) is 6.66. The van der Waals surface area contributed by atoms with Gasteiger partial charge in [-0.2, -0.15) is 0 Å². The van der Waals surface area contributed by atoms with Crippen molar-refractivity contribution in [3.05, 3.63) is 23.8 Å². The molecule has 1 atom stereocenters. The number of para-hydroxylation sites is 1. The lowest BCUT2D eigenvalue weighted by Gasteiger charge is -2.07. The molecule has 0 aliphatic carbocycles. The third-order valence-electron chi connectivity index (χ3n) is 1.92. The Morgan fingerprint density at radius 1 is 1.50 bits per heavy atom. The molecule has 0 aliphatic heterocycles. The second-order valence-electron chi connectivity index (χ2n) is 2.94. The third-order valence-corrected chi connectivity index (χ3v) is 3.15. The van der Waals surface area contributed by atoms with Gasteiger partial charge in [0.05, 0.1) is 21.4 Å². The summed E-state index contributed by atoms with van der Waals surface area (Å²) < 4.78 is 16.8. The van der Waals surface area contributed by atoms with E-state index in [0.717, 1.165) is 5.56 Å². The summed E-state index contributed by atoms with van der Waals surface area (Å²) in [6.07, 6.45) is 0. The summed E-state index contributed by atoms with van der Waals surface area (Å²) in [7, 11) is -1.15. The van der Waals surface area contributed by atoms with Crippen molar-refractivity contribution in [1.82, 2.24) is 0 Å². The zero-order chi connectivity index (χ0) is 10.6. The molecule has 2 N–H and O–H groups in total. The number of anilines is 1. The molecule has 1 aromatic rings. The zero-order valence-electron chi connectivity index (χ0n) is 8.45. The minimum absolute atomic E-state index is 0.212. The van der Waals surface area contributed by atoms with Gasteiger partial charge in [-0.1, -0.05) is 12.1 Å². The summed E-state index contributed by atoms with van der Waals surface area (Å²) >= 11 is 0. The van der Waals surface area contributed by atoms with Crippen molar-refractivity contribution < 1.29 is 8.95 Å². The van der Waals surface area contributed by atoms with Gasteiger partial charge in [0, 0.05) is 6.61 Å². The van der Waals surface area contributed by atoms with Crippen LogP contribution in [0.4, 0.5) is 5.69 Å². The SMILES string of the molecule is CCOCS(=O)c1cccc(C)c1N. The van der Waals surface area contributed by atoms with Gasteiger partial charge in [-0.3, -0.25) is 4.21 Å². The van der Waals surface area contributed by atoms with Crippen LogP contribution in [0.5, 0.6) is 0 Å². The molecule has 14 heavy (non-hydrogen) atoms. The van der Waals surface area contributed by atoms with Crippen molar-refractivity contribution in [1.29, 1.82) is 0 Å². The normalized spacial score (nSPS) is 12.7. The Morgan fingerprint density at radius 2 is 2.21 bits per heavy atom. The van der Waals surface area contributed by atoms with Crippen LogP contribution in [0.1, 0.15) is 12.5 Å². The van der Waals surface area contributed by atoms with Gasteiger partial charge < -0.3 is 10.5 Å². The average Bonchev–Trinajstić information content (AvgIpc) is 2.18. The van der Waals surface area contributed by atoms with E-state index in [2.05, 4.69) is 0 Å². The maximum absolute atomic E-state index is 11.7. The Kier molecular flexibility index (Phi) is 4.10. The highest BCUT2D eigenvalue weighted by Crippen LogP contribution is 2.20. The molecular formula is C10H15NO2S. The predicted molar refractivity (Wildman–Crippen MR) is 58.5 cm³/mol. The van der Waals surface area contributed by atoms with Crippen molar-refractivity contribution in [2.75, 3.05) is 18.3 Å². The van der Waals surface area contributed by atoms with Gasteiger partial charge in [0.2, 0.25) is 0 Å². The Bertz CT molecular complexity index is 339. The van der Waals surface area contributed by atoms with Gasteiger partial charge in [0.1, 0.15) is 5.94 Å². The lowest BCUT2D eigenvalue weighted by Crippen LogP contribution is -2.06. The van der Waals surface area contributed by atoms with Crippen LogP contribution in [0.2, 0.25) is 0 Å². The third kappa shape index (κ3) is 2.56. The highest BCUT2D eigenvalue weighted by Gasteiger charge is 2.08. The summed E-state index contributed by atoms with van der Waals surface area (Å²) in [4.78, 5) is 0.665. The molecule has 0 aliphatic rings. The van der Waals surface area contributed by atoms with E-state index in [1.165, 1.54) is 0 Å². The number of hydrogen-bond donors (Lipinski definition) is 1. The average molecular weight is 213 g/mol. The molecule has 4 heteroatoms. The molecule has 0 saturated carbocycles. The maximum Gasteiger partial charge on any atom is 0.126 e. The fraction of sp³-hybridized carbons (Fsp3) is 0.400. The van der Waals surface area contributed by atoms with Gasteiger partial charge in [-0.05, 0) is 25.5 Å². The van der Waals surface area contributed by atoms with Gasteiger partial charge in [0.15, 0.2) is 0 Å². The number of benzene rings is 1. The van der Waals surface area contributed by atoms with Gasteiger partial charge >= 0.3 is 0 Å². The topological polar surface area (TPSA) is 52.3 Å². The van der Waals surface area contributed by atoms with E-state index in [1.54, 1.807) is 6.07 Å². The van der Waals surface area contributed by atoms with Gasteiger partial charge in [-0.25, -0.2) is 0 Å². The van der Waals surface area contributed by atoms with E-state index in [4.69, 9.17) is 10.5 Å². The van der Waals surface area contributed by atoms with E-state index in [1.807, 2.05) is 26.0 Å². The molecule has 0 saturated heterocycles. The molecule has 0 heterocycles. The minimum atomic E-state index is -1.15. The predicted octanol–water partition coefficient (Wildman–Crippen LogP) is 1.68. The van der Waals surface area contributed by atoms with Crippen LogP contribution in [-0.4, -0.2) is 16.8 Å². The number of nitrogens with two attached hydrogens (primary N) is 1. The van der Waals surface area contributed by atoms with Crippen molar-refractivity contribution in [3.63, 3.8) is 0 Å². The number of hydrogen-bond acceptors (Lipinski definition) is 3. The lowest BCUT2D eigenvalue weighted by atomic mass is 10.2. The van der Waals surface area contributed by atoms with E-state index in [0.29, 0.717) is 17.2 Å². The first-order valence-corrected chi connectivity index (χ1v) is 5.80. The molecular weight excluding hydrogens is 198 g/mol. The maximum atomic E-state index is 11.7. The number of rotatable bonds is 4. The van der Waals surface area contributed by atoms with Crippen molar-refractivity contribution >= 4 is 16.5 Å². The van der Waals surface area contributed by atoms with Crippen LogP contribution in [0.15, 0.2) is 23.1 Å². The molecule has 0 aromatic heterocycles. The Hall–Kier alpha value is -0.870. The quantitative estimate of drug-likeness (QED) is 0.774. The molecule has 0 bridgehead atoms. The van der Waals surface area contributed by atoms with Gasteiger partial charge in [-0.15, -0.1) is 0 Å². The molecule has 0 radical (unpaired) electrons. The first-order valence-electron chi connectivity index (χ1n) is 4.48. The smallest absolute Gasteiger partial charge is 0.126 e. The molecule has 1 unspecified atom stereocenters. The molecule has 3 nitrogen and oxygen atoms in total. The summed E-state index contributed by atoms with van der Waals surface area (Å²) in [6.45, 7) is 4.34. The van der Waals surface area contributed by atoms with Crippen LogP contribution in [0.25, 0.3) is 0 Å². The van der Waals surface area contributed by atoms with E-state index >= 15 is 0 Å². The van der Waals surface area contributed by atoms with Crippen molar-refractivity contribution in [2.24, 2.45) is 0 Å². The Balaban J connectivity index is 2.84. The fourth-order valence-corrected chi connectivity index (χ4v) is 2.16. The highest BCUT2D eigenvalue weighted by atomic mass is 32.2. The van der Waals surface area contributed by atoms with Crippen LogP contribution < -0.4 is 5.73 Å². The molecule has 0 fully saturated rings. The fourth-order valence-electron chi connectivity index (χ4n) is 1.07. The molecule has 0 amide bonds. The van der Waals surface area contributed by atoms with Crippen LogP contribution in [-0.2, 0) is 15.5 Å². The number of aryl methyl sites for hydroxylation is 1. The number of nitrogen functional groups attached to an aromatic ring is 1. The minimum Gasteiger partial charge on any atom is -0.398 e. The molecule has 78 valence electrons. The highest BCUT2D eigenvalue weighted by molar-refractivity contribution is 7.85. The van der Waals surface area contributed by atoms with E-state index in [-0.39, 0.29) is 5.94 Å². The van der Waals surface area contributed by atoms with Crippen LogP contribution >= 0.6 is 0 Å². The van der Waals surface area contributed by atoms with Crippen molar-refractivity contribution in [2.45, 2.75) is 18.7 Å². The summed E-state index contributed by atoms with van der Waals surface area (Å²) in [6, 6.07) is 5.53. The van der Waals surface area contributed by atoms with E-state index < -0.39 is 10.8 Å². The monoisotopic (exact) mass is 213 g/mol. The Labute approximate surface area is 86.7 Å². The Morgan fingerprint density at radius 3 is 2.86 bits per heavy atom. The second kappa shape index (κ2) is 5.12. The summed E-state index contributed by atoms with van der Waals surface area (Å²) in [5.41, 5.74) is 7.36. The van der Waals surface area contributed by atoms with E-state index in [9.17, 15) is 4.21 Å². The standard InChI is InChI=1S/C10H15NO2S/c1-3-13-7-14(12)9-6-4-5-8(2)10(9)11/h4-6H,3,7,11H2,1-2H3. The zero-order valence-corrected chi connectivity index (χ0v) is 9.26. The summed E-state index contributed by atoms with van der Waals surface area (Å²) in [5.74, 6) is 0.212. The second-order valence-corrected chi connectivity index (χ2v) is 4.31. The van der Waals surface area contributed by atoms with Crippen LogP contribution in [0.3, 0.4) is 0 Å².